The minimum atomic E-state index is -0.515. The van der Waals surface area contributed by atoms with Crippen LogP contribution in [0, 0.1) is 6.92 Å². The lowest BCUT2D eigenvalue weighted by atomic mass is 10.1. The number of amides is 1. The number of thiazole rings is 1. The zero-order valence-corrected chi connectivity index (χ0v) is 13.7. The van der Waals surface area contributed by atoms with Crippen LogP contribution in [0.15, 0.2) is 59.0 Å². The molecule has 2 heterocycles. The van der Waals surface area contributed by atoms with Crippen LogP contribution in [0.25, 0.3) is 0 Å². The van der Waals surface area contributed by atoms with E-state index in [2.05, 4.69) is 10.3 Å². The van der Waals surface area contributed by atoms with Crippen LogP contribution in [0.1, 0.15) is 21.5 Å². The van der Waals surface area contributed by atoms with Crippen molar-refractivity contribution < 1.29 is 9.63 Å². The highest BCUT2D eigenvalue weighted by Gasteiger charge is 2.14. The van der Waals surface area contributed by atoms with E-state index in [0.29, 0.717) is 5.13 Å². The smallest absolute Gasteiger partial charge is 0.295 e. The predicted molar refractivity (Wildman–Crippen MR) is 92.2 cm³/mol. The van der Waals surface area contributed by atoms with Gasteiger partial charge in [0.05, 0.1) is 0 Å². The number of carbonyl (C=O) groups excluding carboxylic acids is 1. The summed E-state index contributed by atoms with van der Waals surface area (Å²) in [6, 6.07) is 10.8. The van der Waals surface area contributed by atoms with Gasteiger partial charge in [-0.2, -0.15) is 4.73 Å². The highest BCUT2D eigenvalue weighted by Crippen LogP contribution is 2.11. The highest BCUT2D eigenvalue weighted by atomic mass is 32.1. The molecule has 0 aliphatic heterocycles. The molecule has 0 saturated heterocycles. The minimum Gasteiger partial charge on any atom is -0.406 e. The first-order valence-corrected chi connectivity index (χ1v) is 8.13. The molecule has 0 bridgehead atoms. The molecule has 24 heavy (non-hydrogen) atoms. The van der Waals surface area contributed by atoms with Crippen molar-refractivity contribution in [3.8, 4) is 0 Å². The Labute approximate surface area is 142 Å². The number of nitrogens with one attached hydrogen (secondary N) is 1. The first-order chi connectivity index (χ1) is 11.6. The lowest BCUT2D eigenvalue weighted by molar-refractivity contribution is 0.0863. The molecule has 1 aromatic carbocycles. The molecule has 0 aliphatic rings. The summed E-state index contributed by atoms with van der Waals surface area (Å²) in [5.41, 5.74) is 1.54. The van der Waals surface area contributed by atoms with E-state index in [1.54, 1.807) is 17.6 Å². The van der Waals surface area contributed by atoms with Crippen molar-refractivity contribution in [1.82, 2.24) is 9.71 Å². The van der Waals surface area contributed by atoms with E-state index < -0.39 is 11.5 Å². The number of nitrogens with zero attached hydrogens (tertiary/aromatic N) is 2. The van der Waals surface area contributed by atoms with Crippen LogP contribution in [0.3, 0.4) is 0 Å². The zero-order chi connectivity index (χ0) is 16.9. The van der Waals surface area contributed by atoms with Crippen LogP contribution in [0.2, 0.25) is 0 Å². The van der Waals surface area contributed by atoms with Gasteiger partial charge >= 0.3 is 0 Å². The van der Waals surface area contributed by atoms with E-state index in [1.165, 1.54) is 23.6 Å². The number of aryl methyl sites for hydroxylation is 1. The van der Waals surface area contributed by atoms with Gasteiger partial charge in [-0.1, -0.05) is 29.8 Å². The molecule has 0 spiro atoms. The van der Waals surface area contributed by atoms with E-state index >= 15 is 0 Å². The van der Waals surface area contributed by atoms with E-state index in [9.17, 15) is 9.59 Å². The monoisotopic (exact) mass is 341 g/mol. The summed E-state index contributed by atoms with van der Waals surface area (Å²) in [6.07, 6.45) is 3.06. The van der Waals surface area contributed by atoms with Gasteiger partial charge in [-0.25, -0.2) is 4.98 Å². The Hall–Kier alpha value is -2.93. The van der Waals surface area contributed by atoms with E-state index in [4.69, 9.17) is 4.84 Å². The fourth-order valence-corrected chi connectivity index (χ4v) is 2.67. The van der Waals surface area contributed by atoms with Crippen molar-refractivity contribution in [2.45, 2.75) is 13.5 Å². The van der Waals surface area contributed by atoms with Crippen LogP contribution >= 0.6 is 11.3 Å². The molecule has 1 amide bonds. The lowest BCUT2D eigenvalue weighted by Gasteiger charge is -2.10. The van der Waals surface area contributed by atoms with Crippen LogP contribution in [-0.4, -0.2) is 15.6 Å². The topological polar surface area (TPSA) is 73.2 Å². The Bertz CT molecular complexity index is 903. The second kappa shape index (κ2) is 7.10. The van der Waals surface area contributed by atoms with Crippen LogP contribution in [0.4, 0.5) is 5.13 Å². The predicted octanol–water partition coefficient (Wildman–Crippen LogP) is 2.49. The summed E-state index contributed by atoms with van der Waals surface area (Å²) in [4.78, 5) is 34.1. The third-order valence-electron chi connectivity index (χ3n) is 3.27. The molecule has 3 aromatic rings. The van der Waals surface area contributed by atoms with E-state index in [0.717, 1.165) is 15.9 Å². The minimum absolute atomic E-state index is 0.00283. The number of carbonyl (C=O) groups is 1. The Kier molecular flexibility index (Phi) is 4.72. The molecule has 3 rings (SSSR count). The molecule has 0 fully saturated rings. The molecular formula is C17H15N3O3S. The number of hydrogen-bond acceptors (Lipinski definition) is 5. The first kappa shape index (κ1) is 15.9. The largest absolute Gasteiger partial charge is 0.406 e. The van der Waals surface area contributed by atoms with Gasteiger partial charge in [0.2, 0.25) is 0 Å². The number of aromatic nitrogens is 2. The third-order valence-corrected chi connectivity index (χ3v) is 3.95. The number of anilines is 1. The number of benzene rings is 1. The van der Waals surface area contributed by atoms with Gasteiger partial charge in [-0.05, 0) is 24.6 Å². The van der Waals surface area contributed by atoms with Crippen LogP contribution < -0.4 is 15.7 Å². The van der Waals surface area contributed by atoms with Crippen molar-refractivity contribution in [2.75, 3.05) is 5.32 Å². The molecule has 0 unspecified atom stereocenters. The molecular weight excluding hydrogens is 326 g/mol. The Morgan fingerprint density at radius 1 is 1.33 bits per heavy atom. The average molecular weight is 341 g/mol. The quantitative estimate of drug-likeness (QED) is 0.774. The van der Waals surface area contributed by atoms with Gasteiger partial charge < -0.3 is 4.84 Å². The third kappa shape index (κ3) is 3.69. The fraction of sp³-hybridized carbons (Fsp3) is 0.118. The lowest BCUT2D eigenvalue weighted by Crippen LogP contribution is -2.32. The summed E-state index contributed by atoms with van der Waals surface area (Å²) in [7, 11) is 0. The second-order valence-electron chi connectivity index (χ2n) is 5.11. The standard InChI is InChI=1S/C17H15N3O3S/c1-12-4-2-5-13(10-12)11-23-20-8-3-6-14(16(20)22)15(21)19-17-18-7-9-24-17/h2-10H,11H2,1H3,(H,18,19,21). The molecule has 0 atom stereocenters. The SMILES string of the molecule is Cc1cccc(COn2cccc(C(=O)Nc3nccs3)c2=O)c1. The van der Waals surface area contributed by atoms with Crippen molar-refractivity contribution in [2.24, 2.45) is 0 Å². The van der Waals surface area contributed by atoms with E-state index in [-0.39, 0.29) is 12.2 Å². The Balaban J connectivity index is 1.75. The first-order valence-electron chi connectivity index (χ1n) is 7.25. The maximum Gasteiger partial charge on any atom is 0.295 e. The molecule has 6 nitrogen and oxygen atoms in total. The maximum atomic E-state index is 12.4. The van der Waals surface area contributed by atoms with Gasteiger partial charge in [0, 0.05) is 17.8 Å². The van der Waals surface area contributed by atoms with E-state index in [1.807, 2.05) is 31.2 Å². The van der Waals surface area contributed by atoms with Gasteiger partial charge in [0.15, 0.2) is 5.13 Å². The Morgan fingerprint density at radius 3 is 2.96 bits per heavy atom. The van der Waals surface area contributed by atoms with Gasteiger partial charge in [0.25, 0.3) is 11.5 Å². The molecule has 0 aliphatic carbocycles. The van der Waals surface area contributed by atoms with Crippen molar-refractivity contribution in [3.05, 3.63) is 81.2 Å². The molecule has 7 heteroatoms. The fourth-order valence-electron chi connectivity index (χ4n) is 2.15. The summed E-state index contributed by atoms with van der Waals surface area (Å²) >= 11 is 1.28. The summed E-state index contributed by atoms with van der Waals surface area (Å²) in [6.45, 7) is 2.22. The molecule has 122 valence electrons. The van der Waals surface area contributed by atoms with Gasteiger partial charge in [-0.3, -0.25) is 14.9 Å². The van der Waals surface area contributed by atoms with Crippen molar-refractivity contribution in [1.29, 1.82) is 0 Å². The summed E-state index contributed by atoms with van der Waals surface area (Å²) in [5.74, 6) is -0.511. The van der Waals surface area contributed by atoms with Crippen LogP contribution in [-0.2, 0) is 6.61 Å². The maximum absolute atomic E-state index is 12.4. The highest BCUT2D eigenvalue weighted by molar-refractivity contribution is 7.13. The normalized spacial score (nSPS) is 10.4. The number of pyridine rings is 1. The zero-order valence-electron chi connectivity index (χ0n) is 12.9. The Morgan fingerprint density at radius 2 is 2.21 bits per heavy atom. The molecule has 2 aromatic heterocycles. The van der Waals surface area contributed by atoms with Gasteiger partial charge in [0.1, 0.15) is 12.2 Å². The molecule has 0 saturated carbocycles. The number of rotatable bonds is 5. The number of hydrogen-bond donors (Lipinski definition) is 1. The second-order valence-corrected chi connectivity index (χ2v) is 6.00. The summed E-state index contributed by atoms with van der Waals surface area (Å²) in [5, 5.41) is 4.77. The van der Waals surface area contributed by atoms with Crippen molar-refractivity contribution in [3.63, 3.8) is 0 Å². The molecule has 0 radical (unpaired) electrons. The van der Waals surface area contributed by atoms with Gasteiger partial charge in [-0.15, -0.1) is 11.3 Å². The van der Waals surface area contributed by atoms with Crippen molar-refractivity contribution >= 4 is 22.4 Å². The van der Waals surface area contributed by atoms with Crippen LogP contribution in [0.5, 0.6) is 0 Å². The average Bonchev–Trinajstić information content (AvgIpc) is 3.07. The molecule has 1 N–H and O–H groups in total. The summed E-state index contributed by atoms with van der Waals surface area (Å²) < 4.78 is 1.07.